The van der Waals surface area contributed by atoms with Gasteiger partial charge in [0.15, 0.2) is 0 Å². The number of nitrogens with zero attached hydrogens (tertiary/aromatic N) is 1. The molecule has 2 amide bonds. The number of hydrogen-bond donors (Lipinski definition) is 2. The number of amides is 2. The highest BCUT2D eigenvalue weighted by atomic mass is 79.9. The van der Waals surface area contributed by atoms with Gasteiger partial charge >= 0.3 is 6.03 Å². The fraction of sp³-hybridized carbons (Fsp3) is 0.720. The van der Waals surface area contributed by atoms with Crippen molar-refractivity contribution in [2.45, 2.75) is 70.8 Å². The van der Waals surface area contributed by atoms with Crippen LogP contribution in [0.4, 0.5) is 4.79 Å². The lowest BCUT2D eigenvalue weighted by Gasteiger charge is -2.33. The number of nitrogens with one attached hydrogen (secondary N) is 2. The first-order chi connectivity index (χ1) is 15.1. The first kappa shape index (κ1) is 24.4. The van der Waals surface area contributed by atoms with Crippen molar-refractivity contribution in [2.24, 2.45) is 11.8 Å². The summed E-state index contributed by atoms with van der Waals surface area (Å²) in [6.07, 6.45) is 11.2. The summed E-state index contributed by atoms with van der Waals surface area (Å²) < 4.78 is 6.59. The predicted molar refractivity (Wildman–Crippen MR) is 131 cm³/mol. The van der Waals surface area contributed by atoms with Crippen LogP contribution in [-0.2, 0) is 6.42 Å². The number of carbonyl (C=O) groups excluding carboxylic acids is 1. The molecule has 1 aliphatic heterocycles. The molecule has 1 aromatic carbocycles. The molecule has 0 bridgehead atoms. The molecule has 0 atom stereocenters. The van der Waals surface area contributed by atoms with Gasteiger partial charge < -0.3 is 20.3 Å². The van der Waals surface area contributed by atoms with Gasteiger partial charge in [-0.25, -0.2) is 4.79 Å². The Morgan fingerprint density at radius 2 is 1.87 bits per heavy atom. The SMILES string of the molecule is CCNC(=O)NC1CCC(CCCN2CCC(Cc3cc(OC)ccc3Br)CC2)CC1. The van der Waals surface area contributed by atoms with Crippen LogP contribution in [-0.4, -0.2) is 50.3 Å². The summed E-state index contributed by atoms with van der Waals surface area (Å²) >= 11 is 3.70. The quantitative estimate of drug-likeness (QED) is 0.485. The highest BCUT2D eigenvalue weighted by Crippen LogP contribution is 2.30. The summed E-state index contributed by atoms with van der Waals surface area (Å²) in [7, 11) is 1.74. The van der Waals surface area contributed by atoms with Crippen LogP contribution in [0.2, 0.25) is 0 Å². The van der Waals surface area contributed by atoms with Crippen LogP contribution < -0.4 is 15.4 Å². The number of urea groups is 1. The van der Waals surface area contributed by atoms with Gasteiger partial charge in [-0.1, -0.05) is 15.9 Å². The number of carbonyl (C=O) groups is 1. The van der Waals surface area contributed by atoms with Crippen molar-refractivity contribution in [3.05, 3.63) is 28.2 Å². The van der Waals surface area contributed by atoms with Crippen molar-refractivity contribution in [3.63, 3.8) is 0 Å². The minimum Gasteiger partial charge on any atom is -0.497 e. The molecule has 6 heteroatoms. The Morgan fingerprint density at radius 1 is 1.13 bits per heavy atom. The number of likely N-dealkylation sites (tertiary alicyclic amines) is 1. The highest BCUT2D eigenvalue weighted by molar-refractivity contribution is 9.10. The molecule has 1 aliphatic carbocycles. The molecule has 1 aromatic rings. The van der Waals surface area contributed by atoms with Crippen molar-refractivity contribution in [1.82, 2.24) is 15.5 Å². The van der Waals surface area contributed by atoms with Crippen LogP contribution in [0.1, 0.15) is 63.9 Å². The molecule has 5 nitrogen and oxygen atoms in total. The zero-order valence-corrected chi connectivity index (χ0v) is 20.9. The summed E-state index contributed by atoms with van der Waals surface area (Å²) in [5.74, 6) is 2.56. The molecule has 31 heavy (non-hydrogen) atoms. The molecule has 0 aromatic heterocycles. The summed E-state index contributed by atoms with van der Waals surface area (Å²) in [5.41, 5.74) is 1.37. The summed E-state index contributed by atoms with van der Waals surface area (Å²) in [5, 5.41) is 5.95. The third-order valence-electron chi connectivity index (χ3n) is 7.07. The molecule has 0 spiro atoms. The maximum absolute atomic E-state index is 11.7. The van der Waals surface area contributed by atoms with Gasteiger partial charge in [-0.15, -0.1) is 0 Å². The van der Waals surface area contributed by atoms with Crippen LogP contribution >= 0.6 is 15.9 Å². The molecule has 174 valence electrons. The van der Waals surface area contributed by atoms with E-state index in [1.165, 1.54) is 68.2 Å². The largest absolute Gasteiger partial charge is 0.497 e. The maximum Gasteiger partial charge on any atom is 0.314 e. The van der Waals surface area contributed by atoms with Crippen LogP contribution in [0.25, 0.3) is 0 Å². The van der Waals surface area contributed by atoms with Gasteiger partial charge in [0, 0.05) is 17.1 Å². The van der Waals surface area contributed by atoms with E-state index in [0.29, 0.717) is 12.6 Å². The summed E-state index contributed by atoms with van der Waals surface area (Å²) in [6, 6.07) is 6.66. The second-order valence-electron chi connectivity index (χ2n) is 9.31. The van der Waals surface area contributed by atoms with Crippen molar-refractivity contribution >= 4 is 22.0 Å². The molecule has 2 N–H and O–H groups in total. The minimum atomic E-state index is -0.00638. The third kappa shape index (κ3) is 7.98. The van der Waals surface area contributed by atoms with Crippen molar-refractivity contribution in [3.8, 4) is 5.75 Å². The summed E-state index contributed by atoms with van der Waals surface area (Å²) in [6.45, 7) is 6.35. The van der Waals surface area contributed by atoms with E-state index >= 15 is 0 Å². The smallest absolute Gasteiger partial charge is 0.314 e. The fourth-order valence-corrected chi connectivity index (χ4v) is 5.56. The van der Waals surface area contributed by atoms with Gasteiger partial charge in [-0.05, 0) is 120 Å². The van der Waals surface area contributed by atoms with E-state index in [0.717, 1.165) is 36.8 Å². The first-order valence-electron chi connectivity index (χ1n) is 12.2. The van der Waals surface area contributed by atoms with E-state index < -0.39 is 0 Å². The molecule has 1 saturated heterocycles. The van der Waals surface area contributed by atoms with E-state index in [9.17, 15) is 4.79 Å². The molecule has 0 unspecified atom stereocenters. The zero-order valence-electron chi connectivity index (χ0n) is 19.3. The second kappa shape index (κ2) is 12.7. The lowest BCUT2D eigenvalue weighted by Crippen LogP contribution is -2.43. The van der Waals surface area contributed by atoms with E-state index in [1.54, 1.807) is 7.11 Å². The topological polar surface area (TPSA) is 53.6 Å². The molecular weight excluding hydrogens is 454 g/mol. The number of benzene rings is 1. The number of ether oxygens (including phenoxy) is 1. The van der Waals surface area contributed by atoms with Crippen LogP contribution in [0.3, 0.4) is 0 Å². The van der Waals surface area contributed by atoms with Crippen LogP contribution in [0.5, 0.6) is 5.75 Å². The average molecular weight is 495 g/mol. The Bertz CT molecular complexity index is 683. The van der Waals surface area contributed by atoms with Gasteiger partial charge in [-0.2, -0.15) is 0 Å². The number of rotatable bonds is 9. The predicted octanol–water partition coefficient (Wildman–Crippen LogP) is 5.37. The van der Waals surface area contributed by atoms with E-state index in [1.807, 2.05) is 13.0 Å². The van der Waals surface area contributed by atoms with E-state index in [-0.39, 0.29) is 6.03 Å². The second-order valence-corrected chi connectivity index (χ2v) is 10.2. The van der Waals surface area contributed by atoms with Gasteiger partial charge in [0.25, 0.3) is 0 Å². The molecule has 2 fully saturated rings. The Kier molecular flexibility index (Phi) is 9.97. The van der Waals surface area contributed by atoms with E-state index in [4.69, 9.17) is 4.74 Å². The van der Waals surface area contributed by atoms with Gasteiger partial charge in [-0.3, -0.25) is 0 Å². The Hall–Kier alpha value is -1.27. The fourth-order valence-electron chi connectivity index (χ4n) is 5.16. The number of halogens is 1. The highest BCUT2D eigenvalue weighted by Gasteiger charge is 2.23. The Balaban J connectivity index is 1.29. The van der Waals surface area contributed by atoms with E-state index in [2.05, 4.69) is 43.6 Å². The molecule has 0 radical (unpaired) electrons. The molecular formula is C25H40BrN3O2. The number of hydrogen-bond acceptors (Lipinski definition) is 3. The van der Waals surface area contributed by atoms with Gasteiger partial charge in [0.2, 0.25) is 0 Å². The number of methoxy groups -OCH3 is 1. The molecule has 1 heterocycles. The summed E-state index contributed by atoms with van der Waals surface area (Å²) in [4.78, 5) is 14.3. The molecule has 2 aliphatic rings. The standard InChI is InChI=1S/C25H40BrN3O2/c1-3-27-25(30)28-22-8-6-19(7-9-22)5-4-14-29-15-12-20(13-16-29)17-21-18-23(31-2)10-11-24(21)26/h10-11,18-20,22H,3-9,12-17H2,1-2H3,(H2,27,28,30). The lowest BCUT2D eigenvalue weighted by atomic mass is 9.83. The van der Waals surface area contributed by atoms with Crippen LogP contribution in [0.15, 0.2) is 22.7 Å². The van der Waals surface area contributed by atoms with Crippen molar-refractivity contribution in [2.75, 3.05) is 33.3 Å². The third-order valence-corrected chi connectivity index (χ3v) is 7.85. The Morgan fingerprint density at radius 3 is 2.55 bits per heavy atom. The number of piperidine rings is 1. The average Bonchev–Trinajstić information content (AvgIpc) is 2.78. The first-order valence-corrected chi connectivity index (χ1v) is 13.0. The molecule has 1 saturated carbocycles. The monoisotopic (exact) mass is 493 g/mol. The van der Waals surface area contributed by atoms with Gasteiger partial charge in [0.1, 0.15) is 5.75 Å². The van der Waals surface area contributed by atoms with Crippen LogP contribution in [0, 0.1) is 11.8 Å². The molecule has 3 rings (SSSR count). The Labute approximate surface area is 196 Å². The van der Waals surface area contributed by atoms with Crippen molar-refractivity contribution in [1.29, 1.82) is 0 Å². The minimum absolute atomic E-state index is 0.00638. The van der Waals surface area contributed by atoms with Crippen molar-refractivity contribution < 1.29 is 9.53 Å². The normalized spacial score (nSPS) is 22.8. The zero-order chi connectivity index (χ0) is 22.1. The maximum atomic E-state index is 11.7. The lowest BCUT2D eigenvalue weighted by molar-refractivity contribution is 0.174. The van der Waals surface area contributed by atoms with Gasteiger partial charge in [0.05, 0.1) is 7.11 Å².